The molecule has 0 radical (unpaired) electrons. The van der Waals surface area contributed by atoms with E-state index in [1.54, 1.807) is 0 Å². The quantitative estimate of drug-likeness (QED) is 0.758. The van der Waals surface area contributed by atoms with Crippen LogP contribution in [-0.2, 0) is 0 Å². The van der Waals surface area contributed by atoms with Crippen molar-refractivity contribution in [2.75, 3.05) is 11.1 Å². The highest BCUT2D eigenvalue weighted by atomic mass is 35.5. The summed E-state index contributed by atoms with van der Waals surface area (Å²) in [4.78, 5) is 21.3. The lowest BCUT2D eigenvalue weighted by Gasteiger charge is -2.05. The molecular formula is C13H8ClFN4OS. The highest BCUT2D eigenvalue weighted by Crippen LogP contribution is 2.31. The Hall–Kier alpha value is -2.25. The van der Waals surface area contributed by atoms with Gasteiger partial charge in [0, 0.05) is 18.1 Å². The van der Waals surface area contributed by atoms with Crippen LogP contribution < -0.4 is 11.1 Å². The Kier molecular flexibility index (Phi) is 3.44. The molecule has 0 unspecified atom stereocenters. The number of fused-ring (bicyclic) bond motifs is 1. The average molecular weight is 323 g/mol. The number of rotatable bonds is 2. The third-order valence-electron chi connectivity index (χ3n) is 2.75. The molecule has 0 atom stereocenters. The minimum Gasteiger partial charge on any atom is -0.396 e. The molecule has 0 aliphatic rings. The minimum absolute atomic E-state index is 0.0690. The summed E-state index contributed by atoms with van der Waals surface area (Å²) in [7, 11) is 0. The van der Waals surface area contributed by atoms with E-state index >= 15 is 0 Å². The molecule has 2 heterocycles. The molecule has 0 aliphatic heterocycles. The van der Waals surface area contributed by atoms with Crippen LogP contribution in [-0.4, -0.2) is 15.9 Å². The first-order valence-corrected chi connectivity index (χ1v) is 7.01. The van der Waals surface area contributed by atoms with Crippen LogP contribution in [0.5, 0.6) is 0 Å². The lowest BCUT2D eigenvalue weighted by Crippen LogP contribution is -2.12. The normalized spacial score (nSPS) is 10.8. The van der Waals surface area contributed by atoms with E-state index in [9.17, 15) is 9.18 Å². The van der Waals surface area contributed by atoms with Crippen LogP contribution in [0.4, 0.5) is 15.8 Å². The second-order valence-corrected chi connectivity index (χ2v) is 5.54. The van der Waals surface area contributed by atoms with Gasteiger partial charge in [-0.3, -0.25) is 4.79 Å². The number of benzene rings is 1. The van der Waals surface area contributed by atoms with Crippen LogP contribution in [0, 0.1) is 5.82 Å². The number of hydrogen-bond donors (Lipinski definition) is 2. The Balaban J connectivity index is 1.93. The van der Waals surface area contributed by atoms with Gasteiger partial charge in [-0.2, -0.15) is 0 Å². The van der Waals surface area contributed by atoms with E-state index in [-0.39, 0.29) is 10.7 Å². The fourth-order valence-electron chi connectivity index (χ4n) is 1.77. The van der Waals surface area contributed by atoms with Crippen LogP contribution in [0.2, 0.25) is 5.02 Å². The van der Waals surface area contributed by atoms with Gasteiger partial charge in [0.2, 0.25) is 0 Å². The first-order chi connectivity index (χ1) is 10.1. The minimum atomic E-state index is -0.551. The first-order valence-electron chi connectivity index (χ1n) is 5.81. The third kappa shape index (κ3) is 2.53. The van der Waals surface area contributed by atoms with Crippen LogP contribution in [0.1, 0.15) is 9.67 Å². The Morgan fingerprint density at radius 2 is 2.10 bits per heavy atom. The molecule has 106 valence electrons. The van der Waals surface area contributed by atoms with Crippen molar-refractivity contribution in [3.8, 4) is 0 Å². The van der Waals surface area contributed by atoms with Gasteiger partial charge in [0.25, 0.3) is 5.91 Å². The Bertz CT molecular complexity index is 851. The van der Waals surface area contributed by atoms with Gasteiger partial charge in [0.05, 0.1) is 10.7 Å². The number of nitrogens with two attached hydrogens (primary N) is 1. The summed E-state index contributed by atoms with van der Waals surface area (Å²) in [5.41, 5.74) is 7.05. The maximum absolute atomic E-state index is 13.1. The SMILES string of the molecule is Nc1c(C(=O)Nc2ccc(F)c(Cl)c2)sc2nccnc12. The summed E-state index contributed by atoms with van der Waals surface area (Å²) in [6.07, 6.45) is 3.03. The highest BCUT2D eigenvalue weighted by Gasteiger charge is 2.18. The van der Waals surface area contributed by atoms with Crippen molar-refractivity contribution in [1.29, 1.82) is 0 Å². The molecule has 0 aliphatic carbocycles. The zero-order valence-electron chi connectivity index (χ0n) is 10.4. The van der Waals surface area contributed by atoms with Gasteiger partial charge >= 0.3 is 0 Å². The predicted molar refractivity (Wildman–Crippen MR) is 81.2 cm³/mol. The highest BCUT2D eigenvalue weighted by molar-refractivity contribution is 7.21. The van der Waals surface area contributed by atoms with Crippen LogP contribution in [0.25, 0.3) is 10.3 Å². The van der Waals surface area contributed by atoms with Crippen molar-refractivity contribution in [2.24, 2.45) is 0 Å². The van der Waals surface area contributed by atoms with E-state index in [2.05, 4.69) is 15.3 Å². The second-order valence-electron chi connectivity index (χ2n) is 4.14. The number of nitrogens with one attached hydrogen (secondary N) is 1. The molecule has 8 heteroatoms. The van der Waals surface area contributed by atoms with E-state index in [4.69, 9.17) is 17.3 Å². The maximum Gasteiger partial charge on any atom is 0.268 e. The van der Waals surface area contributed by atoms with Crippen LogP contribution in [0.3, 0.4) is 0 Å². The van der Waals surface area contributed by atoms with Crippen molar-refractivity contribution in [3.05, 3.63) is 46.3 Å². The van der Waals surface area contributed by atoms with E-state index in [1.165, 1.54) is 30.6 Å². The number of hydrogen-bond acceptors (Lipinski definition) is 5. The summed E-state index contributed by atoms with van der Waals surface area (Å²) in [6.45, 7) is 0. The van der Waals surface area contributed by atoms with Gasteiger partial charge in [-0.1, -0.05) is 11.6 Å². The van der Waals surface area contributed by atoms with Crippen molar-refractivity contribution in [2.45, 2.75) is 0 Å². The molecule has 3 rings (SSSR count). The lowest BCUT2D eigenvalue weighted by molar-refractivity contribution is 0.103. The first kappa shape index (κ1) is 13.7. The molecule has 0 saturated carbocycles. The number of amides is 1. The number of halogens is 2. The number of nitrogen functional groups attached to an aromatic ring is 1. The van der Waals surface area contributed by atoms with Crippen molar-refractivity contribution < 1.29 is 9.18 Å². The van der Waals surface area contributed by atoms with E-state index in [0.717, 1.165) is 11.3 Å². The summed E-state index contributed by atoms with van der Waals surface area (Å²) in [5, 5.41) is 2.54. The number of aromatic nitrogens is 2. The standard InChI is InChI=1S/C13H8ClFN4OS/c14-7-5-6(1-2-8(7)15)19-12(20)11-9(16)10-13(21-11)18-4-3-17-10/h1-5H,16H2,(H,19,20). The zero-order chi connectivity index (χ0) is 15.0. The molecule has 0 fully saturated rings. The number of nitrogens with zero attached hydrogens (tertiary/aromatic N) is 2. The number of carbonyl (C=O) groups excluding carboxylic acids is 1. The van der Waals surface area contributed by atoms with Crippen molar-refractivity contribution in [3.63, 3.8) is 0 Å². The molecule has 3 N–H and O–H groups in total. The molecule has 21 heavy (non-hydrogen) atoms. The van der Waals surface area contributed by atoms with Gasteiger partial charge in [0.1, 0.15) is 21.0 Å². The smallest absolute Gasteiger partial charge is 0.268 e. The van der Waals surface area contributed by atoms with Gasteiger partial charge in [-0.25, -0.2) is 14.4 Å². The molecule has 1 amide bonds. The van der Waals surface area contributed by atoms with Gasteiger partial charge in [-0.15, -0.1) is 11.3 Å². The molecule has 0 saturated heterocycles. The maximum atomic E-state index is 13.1. The number of carbonyl (C=O) groups is 1. The lowest BCUT2D eigenvalue weighted by atomic mass is 10.3. The molecule has 5 nitrogen and oxygen atoms in total. The molecule has 2 aromatic heterocycles. The summed E-state index contributed by atoms with van der Waals surface area (Å²) in [6, 6.07) is 3.92. The zero-order valence-corrected chi connectivity index (χ0v) is 12.0. The Morgan fingerprint density at radius 3 is 2.81 bits per heavy atom. The second kappa shape index (κ2) is 5.27. The number of thiophene rings is 1. The molecule has 0 bridgehead atoms. The number of anilines is 2. The predicted octanol–water partition coefficient (Wildman–Crippen LogP) is 3.32. The largest absolute Gasteiger partial charge is 0.396 e. The summed E-state index contributed by atoms with van der Waals surface area (Å²) >= 11 is 6.81. The van der Waals surface area contributed by atoms with Gasteiger partial charge in [0.15, 0.2) is 0 Å². The van der Waals surface area contributed by atoms with Crippen LogP contribution in [0.15, 0.2) is 30.6 Å². The fraction of sp³-hybridized carbons (Fsp3) is 0. The van der Waals surface area contributed by atoms with Crippen molar-refractivity contribution >= 4 is 50.6 Å². The average Bonchev–Trinajstić information content (AvgIpc) is 2.81. The Morgan fingerprint density at radius 1 is 1.33 bits per heavy atom. The van der Waals surface area contributed by atoms with E-state index in [1.807, 2.05) is 0 Å². The Labute approximate surface area is 127 Å². The van der Waals surface area contributed by atoms with E-state index in [0.29, 0.717) is 20.9 Å². The molecule has 1 aromatic carbocycles. The topological polar surface area (TPSA) is 80.9 Å². The molecular weight excluding hydrogens is 315 g/mol. The monoisotopic (exact) mass is 322 g/mol. The third-order valence-corrected chi connectivity index (χ3v) is 4.14. The van der Waals surface area contributed by atoms with Gasteiger partial charge in [-0.05, 0) is 18.2 Å². The van der Waals surface area contributed by atoms with E-state index < -0.39 is 11.7 Å². The molecule has 3 aromatic rings. The van der Waals surface area contributed by atoms with Crippen LogP contribution >= 0.6 is 22.9 Å². The summed E-state index contributed by atoms with van der Waals surface area (Å²) < 4.78 is 13.1. The van der Waals surface area contributed by atoms with Crippen molar-refractivity contribution in [1.82, 2.24) is 9.97 Å². The fourth-order valence-corrected chi connectivity index (χ4v) is 2.87. The molecule has 0 spiro atoms. The van der Waals surface area contributed by atoms with Gasteiger partial charge < -0.3 is 11.1 Å². The summed E-state index contributed by atoms with van der Waals surface area (Å²) in [5.74, 6) is -0.968.